The van der Waals surface area contributed by atoms with Crippen molar-refractivity contribution < 1.29 is 4.74 Å². The van der Waals surface area contributed by atoms with Crippen LogP contribution in [0.5, 0.6) is 0 Å². The Morgan fingerprint density at radius 1 is 1.41 bits per heavy atom. The Labute approximate surface area is 108 Å². The predicted molar refractivity (Wildman–Crippen MR) is 73.7 cm³/mol. The molecule has 0 amide bonds. The Kier molecular flexibility index (Phi) is 3.91. The van der Waals surface area contributed by atoms with Crippen LogP contribution >= 0.6 is 11.3 Å². The second kappa shape index (κ2) is 5.09. The summed E-state index contributed by atoms with van der Waals surface area (Å²) in [5.74, 6) is 0.631. The third kappa shape index (κ3) is 2.90. The molecule has 1 aliphatic rings. The molecule has 2 rings (SSSR count). The Bertz CT molecular complexity index is 361. The predicted octanol–water partition coefficient (Wildman–Crippen LogP) is 3.34. The number of nitrogens with one attached hydrogen (secondary N) is 1. The van der Waals surface area contributed by atoms with Crippen molar-refractivity contribution in [1.29, 1.82) is 0 Å². The molecule has 1 N–H and O–H groups in total. The average Bonchev–Trinajstić information content (AvgIpc) is 2.87. The van der Waals surface area contributed by atoms with Crippen LogP contribution in [-0.2, 0) is 10.2 Å². The highest BCUT2D eigenvalue weighted by Gasteiger charge is 2.28. The van der Waals surface area contributed by atoms with E-state index in [2.05, 4.69) is 45.3 Å². The van der Waals surface area contributed by atoms with Crippen molar-refractivity contribution in [2.24, 2.45) is 5.92 Å². The van der Waals surface area contributed by atoms with E-state index in [0.29, 0.717) is 12.0 Å². The normalized spacial score (nSPS) is 22.9. The first kappa shape index (κ1) is 13.1. The second-order valence-electron chi connectivity index (χ2n) is 5.84. The van der Waals surface area contributed by atoms with Crippen LogP contribution in [0.3, 0.4) is 0 Å². The fourth-order valence-electron chi connectivity index (χ4n) is 2.35. The molecule has 1 aromatic rings. The van der Waals surface area contributed by atoms with E-state index in [-0.39, 0.29) is 5.41 Å². The van der Waals surface area contributed by atoms with Crippen LogP contribution in [0.1, 0.15) is 43.0 Å². The van der Waals surface area contributed by atoms with Gasteiger partial charge in [0.25, 0.3) is 0 Å². The summed E-state index contributed by atoms with van der Waals surface area (Å²) < 4.78 is 5.50. The third-order valence-corrected chi connectivity index (χ3v) is 5.01. The van der Waals surface area contributed by atoms with Gasteiger partial charge in [0.05, 0.1) is 6.61 Å². The minimum Gasteiger partial charge on any atom is -0.381 e. The molecule has 0 aromatic carbocycles. The summed E-state index contributed by atoms with van der Waals surface area (Å²) in [5.41, 5.74) is 0.257. The van der Waals surface area contributed by atoms with E-state index in [1.165, 1.54) is 16.2 Å². The number of hydrogen-bond acceptors (Lipinski definition) is 3. The zero-order valence-electron chi connectivity index (χ0n) is 11.2. The van der Waals surface area contributed by atoms with E-state index < -0.39 is 0 Å². The van der Waals surface area contributed by atoms with Crippen LogP contribution in [0, 0.1) is 5.92 Å². The summed E-state index contributed by atoms with van der Waals surface area (Å²) in [6, 6.07) is 5.02. The topological polar surface area (TPSA) is 21.3 Å². The fourth-order valence-corrected chi connectivity index (χ4v) is 3.62. The second-order valence-corrected chi connectivity index (χ2v) is 6.96. The number of hydrogen-bond donors (Lipinski definition) is 1. The molecule has 0 spiro atoms. The van der Waals surface area contributed by atoms with Gasteiger partial charge in [-0.1, -0.05) is 20.8 Å². The lowest BCUT2D eigenvalue weighted by Gasteiger charge is -2.21. The van der Waals surface area contributed by atoms with Gasteiger partial charge in [-0.25, -0.2) is 0 Å². The van der Waals surface area contributed by atoms with Crippen molar-refractivity contribution in [3.05, 3.63) is 21.9 Å². The maximum Gasteiger partial charge on any atom is 0.0513 e. The van der Waals surface area contributed by atoms with Crippen molar-refractivity contribution in [3.63, 3.8) is 0 Å². The standard InChI is InChI=1S/C14H23NOS/c1-14(2,3)12-6-5-11(17-12)13(15-4)10-7-8-16-9-10/h5-6,10,13,15H,7-9H2,1-4H3. The van der Waals surface area contributed by atoms with Crippen LogP contribution in [0.4, 0.5) is 0 Å². The summed E-state index contributed by atoms with van der Waals surface area (Å²) in [7, 11) is 2.06. The smallest absolute Gasteiger partial charge is 0.0513 e. The largest absolute Gasteiger partial charge is 0.381 e. The molecule has 2 heterocycles. The van der Waals surface area contributed by atoms with E-state index in [0.717, 1.165) is 13.2 Å². The van der Waals surface area contributed by atoms with Gasteiger partial charge in [0.15, 0.2) is 0 Å². The zero-order chi connectivity index (χ0) is 12.5. The summed E-state index contributed by atoms with van der Waals surface area (Å²) in [6.45, 7) is 8.63. The molecule has 0 aliphatic carbocycles. The highest BCUT2D eigenvalue weighted by molar-refractivity contribution is 7.12. The Balaban J connectivity index is 2.17. The van der Waals surface area contributed by atoms with Crippen molar-refractivity contribution in [3.8, 4) is 0 Å². The summed E-state index contributed by atoms with van der Waals surface area (Å²) >= 11 is 1.94. The SMILES string of the molecule is CNC(c1ccc(C(C)(C)C)s1)C1CCOC1. The minimum absolute atomic E-state index is 0.257. The molecule has 0 bridgehead atoms. The van der Waals surface area contributed by atoms with Crippen molar-refractivity contribution in [2.45, 2.75) is 38.6 Å². The first-order valence-electron chi connectivity index (χ1n) is 6.37. The quantitative estimate of drug-likeness (QED) is 0.892. The first-order valence-corrected chi connectivity index (χ1v) is 7.19. The van der Waals surface area contributed by atoms with Gasteiger partial charge in [-0.15, -0.1) is 11.3 Å². The van der Waals surface area contributed by atoms with Gasteiger partial charge in [0.1, 0.15) is 0 Å². The number of rotatable bonds is 3. The lowest BCUT2D eigenvalue weighted by molar-refractivity contribution is 0.178. The molecule has 2 nitrogen and oxygen atoms in total. The van der Waals surface area contributed by atoms with E-state index in [9.17, 15) is 0 Å². The van der Waals surface area contributed by atoms with Crippen molar-refractivity contribution in [1.82, 2.24) is 5.32 Å². The molecular formula is C14H23NOS. The molecular weight excluding hydrogens is 230 g/mol. The molecule has 0 saturated carbocycles. The summed E-state index contributed by atoms with van der Waals surface area (Å²) in [4.78, 5) is 2.92. The van der Waals surface area contributed by atoms with E-state index in [4.69, 9.17) is 4.74 Å². The lowest BCUT2D eigenvalue weighted by atomic mass is 9.94. The van der Waals surface area contributed by atoms with E-state index in [1.54, 1.807) is 0 Å². The monoisotopic (exact) mass is 253 g/mol. The van der Waals surface area contributed by atoms with Gasteiger partial charge in [-0.2, -0.15) is 0 Å². The van der Waals surface area contributed by atoms with E-state index >= 15 is 0 Å². The Hall–Kier alpha value is -0.380. The van der Waals surface area contributed by atoms with Crippen LogP contribution in [0.15, 0.2) is 12.1 Å². The average molecular weight is 253 g/mol. The highest BCUT2D eigenvalue weighted by atomic mass is 32.1. The molecule has 17 heavy (non-hydrogen) atoms. The third-order valence-electron chi connectivity index (χ3n) is 3.42. The van der Waals surface area contributed by atoms with Gasteiger partial charge in [0, 0.05) is 28.3 Å². The van der Waals surface area contributed by atoms with Gasteiger partial charge in [-0.05, 0) is 31.0 Å². The number of ether oxygens (including phenoxy) is 1. The summed E-state index contributed by atoms with van der Waals surface area (Å²) in [6.07, 6.45) is 1.17. The molecule has 2 unspecified atom stereocenters. The van der Waals surface area contributed by atoms with Crippen molar-refractivity contribution >= 4 is 11.3 Å². The maximum absolute atomic E-state index is 5.50. The van der Waals surface area contributed by atoms with Gasteiger partial charge >= 0.3 is 0 Å². The Morgan fingerprint density at radius 2 is 2.18 bits per heavy atom. The molecule has 1 aromatic heterocycles. The Morgan fingerprint density at radius 3 is 2.65 bits per heavy atom. The van der Waals surface area contributed by atoms with Gasteiger partial charge in [-0.3, -0.25) is 0 Å². The molecule has 3 heteroatoms. The first-order chi connectivity index (χ1) is 8.02. The van der Waals surface area contributed by atoms with Crippen LogP contribution in [0.2, 0.25) is 0 Å². The van der Waals surface area contributed by atoms with Gasteiger partial charge < -0.3 is 10.1 Å². The zero-order valence-corrected chi connectivity index (χ0v) is 12.1. The molecule has 1 saturated heterocycles. The van der Waals surface area contributed by atoms with Crippen molar-refractivity contribution in [2.75, 3.05) is 20.3 Å². The minimum atomic E-state index is 0.257. The molecule has 96 valence electrons. The van der Waals surface area contributed by atoms with E-state index in [1.807, 2.05) is 11.3 Å². The van der Waals surface area contributed by atoms with Gasteiger partial charge in [0.2, 0.25) is 0 Å². The highest BCUT2D eigenvalue weighted by Crippen LogP contribution is 2.36. The van der Waals surface area contributed by atoms with Crippen LogP contribution in [-0.4, -0.2) is 20.3 Å². The molecule has 1 fully saturated rings. The van der Waals surface area contributed by atoms with Crippen LogP contribution in [0.25, 0.3) is 0 Å². The molecule has 2 atom stereocenters. The molecule has 1 aliphatic heterocycles. The maximum atomic E-state index is 5.50. The lowest BCUT2D eigenvalue weighted by Crippen LogP contribution is -2.24. The summed E-state index contributed by atoms with van der Waals surface area (Å²) in [5, 5.41) is 3.46. The molecule has 0 radical (unpaired) electrons. The number of thiophene rings is 1. The van der Waals surface area contributed by atoms with Crippen LogP contribution < -0.4 is 5.32 Å². The fraction of sp³-hybridized carbons (Fsp3) is 0.714.